The topological polar surface area (TPSA) is 29.5 Å². The quantitative estimate of drug-likeness (QED) is 0.789. The van der Waals surface area contributed by atoms with Crippen molar-refractivity contribution in [3.63, 3.8) is 0 Å². The van der Waals surface area contributed by atoms with Crippen molar-refractivity contribution >= 4 is 0 Å². The third-order valence-electron chi connectivity index (χ3n) is 4.05. The van der Waals surface area contributed by atoms with Crippen LogP contribution in [0.3, 0.4) is 0 Å². The van der Waals surface area contributed by atoms with Gasteiger partial charge in [-0.15, -0.1) is 0 Å². The Balaban J connectivity index is 2.99. The zero-order chi connectivity index (χ0) is 14.5. The molecule has 0 fully saturated rings. The first-order valence-electron chi connectivity index (χ1n) is 7.42. The number of benzene rings is 1. The van der Waals surface area contributed by atoms with Crippen LogP contribution in [0.15, 0.2) is 24.3 Å². The first-order chi connectivity index (χ1) is 9.00. The Morgan fingerprint density at radius 2 is 1.47 bits per heavy atom. The smallest absolute Gasteiger partial charge is 0.108 e. The molecule has 0 heterocycles. The lowest BCUT2D eigenvalue weighted by molar-refractivity contribution is -0.127. The van der Waals surface area contributed by atoms with E-state index in [0.717, 1.165) is 18.4 Å². The molecular formula is C17H28O2. The van der Waals surface area contributed by atoms with Crippen molar-refractivity contribution in [1.29, 1.82) is 0 Å². The highest BCUT2D eigenvalue weighted by Crippen LogP contribution is 2.35. The minimum Gasteiger partial charge on any atom is -0.385 e. The molecule has 1 aromatic rings. The van der Waals surface area contributed by atoms with E-state index in [9.17, 15) is 5.11 Å². The van der Waals surface area contributed by atoms with E-state index in [1.54, 1.807) is 0 Å². The molecule has 0 aliphatic heterocycles. The summed E-state index contributed by atoms with van der Waals surface area (Å²) in [7, 11) is 0. The fraction of sp³-hybridized carbons (Fsp3) is 0.647. The van der Waals surface area contributed by atoms with Gasteiger partial charge < -0.3 is 9.84 Å². The molecule has 1 unspecified atom stereocenters. The zero-order valence-electron chi connectivity index (χ0n) is 12.9. The Hall–Kier alpha value is -0.860. The average Bonchev–Trinajstić information content (AvgIpc) is 2.44. The molecule has 2 heteroatoms. The summed E-state index contributed by atoms with van der Waals surface area (Å²) in [4.78, 5) is 0. The maximum absolute atomic E-state index is 10.7. The highest BCUT2D eigenvalue weighted by molar-refractivity contribution is 5.27. The van der Waals surface area contributed by atoms with Gasteiger partial charge in [-0.3, -0.25) is 0 Å². The lowest BCUT2D eigenvalue weighted by atomic mass is 9.85. The first kappa shape index (κ1) is 16.2. The van der Waals surface area contributed by atoms with Crippen LogP contribution in [0.4, 0.5) is 0 Å². The van der Waals surface area contributed by atoms with E-state index >= 15 is 0 Å². The molecule has 0 aliphatic carbocycles. The second kappa shape index (κ2) is 7.06. The number of rotatable bonds is 7. The number of hydrogen-bond acceptors (Lipinski definition) is 2. The van der Waals surface area contributed by atoms with Gasteiger partial charge in [-0.25, -0.2) is 0 Å². The van der Waals surface area contributed by atoms with Crippen LogP contribution in [0.5, 0.6) is 0 Å². The third-order valence-corrected chi connectivity index (χ3v) is 4.05. The standard InChI is InChI=1S/C17H28O2/c1-6-17(7-2,19-8-3)16(18)15-11-9-14(10-12-15)13(4)5/h9-13,16,18H,6-8H2,1-5H3. The number of aliphatic hydroxyl groups is 1. The number of aliphatic hydroxyl groups excluding tert-OH is 1. The normalized spacial score (nSPS) is 13.8. The lowest BCUT2D eigenvalue weighted by Gasteiger charge is -2.36. The molecule has 1 N–H and O–H groups in total. The molecule has 0 saturated carbocycles. The lowest BCUT2D eigenvalue weighted by Crippen LogP contribution is -2.38. The van der Waals surface area contributed by atoms with Gasteiger partial charge in [0.25, 0.3) is 0 Å². The van der Waals surface area contributed by atoms with Crippen LogP contribution in [-0.4, -0.2) is 17.3 Å². The molecule has 0 spiro atoms. The van der Waals surface area contributed by atoms with Gasteiger partial charge in [-0.1, -0.05) is 52.0 Å². The monoisotopic (exact) mass is 264 g/mol. The van der Waals surface area contributed by atoms with E-state index in [2.05, 4.69) is 39.8 Å². The Bertz CT molecular complexity index is 363. The first-order valence-corrected chi connectivity index (χ1v) is 7.42. The van der Waals surface area contributed by atoms with Crippen LogP contribution in [0.2, 0.25) is 0 Å². The van der Waals surface area contributed by atoms with Crippen molar-refractivity contribution in [1.82, 2.24) is 0 Å². The number of ether oxygens (including phenoxy) is 1. The summed E-state index contributed by atoms with van der Waals surface area (Å²) in [5.74, 6) is 0.514. The molecule has 1 rings (SSSR count). The van der Waals surface area contributed by atoms with Crippen LogP contribution < -0.4 is 0 Å². The average molecular weight is 264 g/mol. The van der Waals surface area contributed by atoms with Crippen molar-refractivity contribution < 1.29 is 9.84 Å². The molecule has 0 radical (unpaired) electrons. The molecule has 0 aliphatic rings. The molecule has 19 heavy (non-hydrogen) atoms. The SMILES string of the molecule is CCOC(CC)(CC)C(O)c1ccc(C(C)C)cc1. The summed E-state index contributed by atoms with van der Waals surface area (Å²) in [5, 5.41) is 10.7. The second-order valence-electron chi connectivity index (χ2n) is 5.43. The van der Waals surface area contributed by atoms with Gasteiger partial charge in [-0.05, 0) is 36.8 Å². The Labute approximate surface area is 117 Å². The summed E-state index contributed by atoms with van der Waals surface area (Å²) >= 11 is 0. The van der Waals surface area contributed by atoms with Gasteiger partial charge in [0, 0.05) is 6.61 Å². The van der Waals surface area contributed by atoms with E-state index in [-0.39, 0.29) is 0 Å². The third kappa shape index (κ3) is 3.58. The highest BCUT2D eigenvalue weighted by Gasteiger charge is 2.36. The van der Waals surface area contributed by atoms with E-state index < -0.39 is 11.7 Å². The van der Waals surface area contributed by atoms with Crippen molar-refractivity contribution in [2.24, 2.45) is 0 Å². The second-order valence-corrected chi connectivity index (χ2v) is 5.43. The summed E-state index contributed by atoms with van der Waals surface area (Å²) < 4.78 is 5.87. The highest BCUT2D eigenvalue weighted by atomic mass is 16.5. The minimum atomic E-state index is -0.566. The van der Waals surface area contributed by atoms with Crippen molar-refractivity contribution in [3.8, 4) is 0 Å². The number of hydrogen-bond donors (Lipinski definition) is 1. The minimum absolute atomic E-state index is 0.464. The van der Waals surface area contributed by atoms with E-state index in [1.165, 1.54) is 5.56 Å². The summed E-state index contributed by atoms with van der Waals surface area (Å²) in [6, 6.07) is 8.26. The van der Waals surface area contributed by atoms with Gasteiger partial charge >= 0.3 is 0 Å². The van der Waals surface area contributed by atoms with E-state index in [0.29, 0.717) is 12.5 Å². The molecule has 0 aromatic heterocycles. The predicted molar refractivity (Wildman–Crippen MR) is 80.4 cm³/mol. The van der Waals surface area contributed by atoms with Crippen LogP contribution in [-0.2, 0) is 4.74 Å². The van der Waals surface area contributed by atoms with Gasteiger partial charge in [-0.2, -0.15) is 0 Å². The predicted octanol–water partition coefficient (Wildman–Crippen LogP) is 4.44. The van der Waals surface area contributed by atoms with Crippen molar-refractivity contribution in [3.05, 3.63) is 35.4 Å². The Kier molecular flexibility index (Phi) is 6.02. The fourth-order valence-corrected chi connectivity index (χ4v) is 2.57. The fourth-order valence-electron chi connectivity index (χ4n) is 2.57. The molecule has 0 amide bonds. The summed E-state index contributed by atoms with van der Waals surface area (Å²) in [6.07, 6.45) is 1.05. The van der Waals surface area contributed by atoms with Gasteiger partial charge in [0.1, 0.15) is 6.10 Å². The van der Waals surface area contributed by atoms with Crippen LogP contribution >= 0.6 is 0 Å². The van der Waals surface area contributed by atoms with Crippen molar-refractivity contribution in [2.75, 3.05) is 6.61 Å². The van der Waals surface area contributed by atoms with Gasteiger partial charge in [0.05, 0.1) is 5.60 Å². The Morgan fingerprint density at radius 3 is 1.84 bits per heavy atom. The molecule has 0 saturated heterocycles. The molecule has 2 nitrogen and oxygen atoms in total. The molecule has 1 atom stereocenters. The van der Waals surface area contributed by atoms with Crippen LogP contribution in [0.1, 0.15) is 70.6 Å². The molecular weight excluding hydrogens is 236 g/mol. The maximum Gasteiger partial charge on any atom is 0.108 e. The molecule has 1 aromatic carbocycles. The van der Waals surface area contributed by atoms with Crippen LogP contribution in [0.25, 0.3) is 0 Å². The van der Waals surface area contributed by atoms with Gasteiger partial charge in [0.2, 0.25) is 0 Å². The van der Waals surface area contributed by atoms with Crippen LogP contribution in [0, 0.1) is 0 Å². The van der Waals surface area contributed by atoms with Gasteiger partial charge in [0.15, 0.2) is 0 Å². The molecule has 0 bridgehead atoms. The largest absolute Gasteiger partial charge is 0.385 e. The maximum atomic E-state index is 10.7. The van der Waals surface area contributed by atoms with E-state index in [4.69, 9.17) is 4.74 Å². The molecule has 108 valence electrons. The zero-order valence-corrected chi connectivity index (χ0v) is 12.9. The summed E-state index contributed by atoms with van der Waals surface area (Å²) in [6.45, 7) is 11.1. The van der Waals surface area contributed by atoms with Crippen molar-refractivity contribution in [2.45, 2.75) is 65.1 Å². The Morgan fingerprint density at radius 1 is 1.00 bits per heavy atom. The van der Waals surface area contributed by atoms with E-state index in [1.807, 2.05) is 19.1 Å². The summed E-state index contributed by atoms with van der Waals surface area (Å²) in [5.41, 5.74) is 1.78.